The van der Waals surface area contributed by atoms with Gasteiger partial charge in [-0.2, -0.15) is 0 Å². The van der Waals surface area contributed by atoms with Crippen LogP contribution in [0.25, 0.3) is 0 Å². The maximum Gasteiger partial charge on any atom is 0.338 e. The van der Waals surface area contributed by atoms with E-state index in [0.29, 0.717) is 29.8 Å². The molecule has 4 rings (SSSR count). The SMILES string of the molecule is CCOC(=O)C1=C(N)N(c2ccccc2)C2=C(C(=O)CC(C)(C)C2)C1c1cccs1. The second-order valence-electron chi connectivity index (χ2n) is 8.44. The average molecular weight is 423 g/mol. The Bertz CT molecular complexity index is 1040. The van der Waals surface area contributed by atoms with Crippen molar-refractivity contribution in [2.45, 2.75) is 39.5 Å². The normalized spacial score (nSPS) is 21.0. The standard InChI is InChI=1S/C24H26N2O3S/c1-4-29-23(28)21-20(18-11-8-12-30-18)19-16(13-24(2,3)14-17(19)27)26(22(21)25)15-9-6-5-7-10-15/h5-12,20H,4,13-14,25H2,1-3H3. The fraction of sp³-hybridized carbons (Fsp3) is 0.333. The maximum atomic E-state index is 13.5. The predicted molar refractivity (Wildman–Crippen MR) is 119 cm³/mol. The largest absolute Gasteiger partial charge is 0.463 e. The van der Waals surface area contributed by atoms with Gasteiger partial charge in [-0.15, -0.1) is 11.3 Å². The molecule has 5 nitrogen and oxygen atoms in total. The molecule has 1 aromatic carbocycles. The first-order chi connectivity index (χ1) is 14.3. The molecule has 1 atom stereocenters. The van der Waals surface area contributed by atoms with E-state index in [-0.39, 0.29) is 17.8 Å². The zero-order valence-electron chi connectivity index (χ0n) is 17.5. The van der Waals surface area contributed by atoms with Gasteiger partial charge < -0.3 is 10.5 Å². The highest BCUT2D eigenvalue weighted by atomic mass is 32.1. The Morgan fingerprint density at radius 2 is 1.93 bits per heavy atom. The Morgan fingerprint density at radius 1 is 1.20 bits per heavy atom. The van der Waals surface area contributed by atoms with E-state index in [1.54, 1.807) is 6.92 Å². The van der Waals surface area contributed by atoms with Crippen LogP contribution in [0.15, 0.2) is 70.5 Å². The van der Waals surface area contributed by atoms with Crippen molar-refractivity contribution >= 4 is 28.8 Å². The number of benzene rings is 1. The van der Waals surface area contributed by atoms with Gasteiger partial charge in [0.05, 0.1) is 18.1 Å². The molecule has 30 heavy (non-hydrogen) atoms. The van der Waals surface area contributed by atoms with Crippen LogP contribution in [-0.4, -0.2) is 18.4 Å². The minimum Gasteiger partial charge on any atom is -0.463 e. The van der Waals surface area contributed by atoms with Crippen LogP contribution in [0.3, 0.4) is 0 Å². The van der Waals surface area contributed by atoms with Crippen LogP contribution in [-0.2, 0) is 14.3 Å². The summed E-state index contributed by atoms with van der Waals surface area (Å²) in [4.78, 5) is 29.4. The zero-order valence-corrected chi connectivity index (χ0v) is 18.3. The van der Waals surface area contributed by atoms with Crippen molar-refractivity contribution in [2.24, 2.45) is 11.1 Å². The van der Waals surface area contributed by atoms with E-state index < -0.39 is 11.9 Å². The molecule has 2 N–H and O–H groups in total. The molecule has 2 heterocycles. The topological polar surface area (TPSA) is 72.6 Å². The van der Waals surface area contributed by atoms with Gasteiger partial charge in [0.1, 0.15) is 5.82 Å². The molecule has 2 aliphatic rings. The maximum absolute atomic E-state index is 13.5. The van der Waals surface area contributed by atoms with Crippen molar-refractivity contribution in [3.63, 3.8) is 0 Å². The van der Waals surface area contributed by atoms with Crippen LogP contribution in [0, 0.1) is 5.41 Å². The van der Waals surface area contributed by atoms with Crippen molar-refractivity contribution < 1.29 is 14.3 Å². The molecule has 0 radical (unpaired) electrons. The third-order valence-electron chi connectivity index (χ3n) is 5.60. The van der Waals surface area contributed by atoms with E-state index in [4.69, 9.17) is 10.5 Å². The quantitative estimate of drug-likeness (QED) is 0.721. The number of para-hydroxylation sites is 1. The second kappa shape index (κ2) is 7.76. The Balaban J connectivity index is 2.00. The van der Waals surface area contributed by atoms with Gasteiger partial charge in [-0.1, -0.05) is 38.1 Å². The predicted octanol–water partition coefficient (Wildman–Crippen LogP) is 4.73. The molecule has 156 valence electrons. The molecule has 1 aromatic heterocycles. The van der Waals surface area contributed by atoms with Crippen molar-refractivity contribution in [3.05, 3.63) is 75.4 Å². The highest BCUT2D eigenvalue weighted by Crippen LogP contribution is 2.51. The fourth-order valence-electron chi connectivity index (χ4n) is 4.43. The van der Waals surface area contributed by atoms with Gasteiger partial charge in [0, 0.05) is 28.3 Å². The first-order valence-electron chi connectivity index (χ1n) is 10.2. The first kappa shape index (κ1) is 20.4. The second-order valence-corrected chi connectivity index (χ2v) is 9.42. The molecular weight excluding hydrogens is 396 g/mol. The lowest BCUT2D eigenvalue weighted by molar-refractivity contribution is -0.138. The number of nitrogens with zero attached hydrogens (tertiary/aromatic N) is 1. The van der Waals surface area contributed by atoms with Crippen LogP contribution in [0.1, 0.15) is 44.4 Å². The Hall–Kier alpha value is -2.86. The monoisotopic (exact) mass is 422 g/mol. The number of ketones is 1. The molecular formula is C24H26N2O3S. The summed E-state index contributed by atoms with van der Waals surface area (Å²) < 4.78 is 5.39. The van der Waals surface area contributed by atoms with E-state index in [0.717, 1.165) is 16.3 Å². The molecule has 0 amide bonds. The van der Waals surface area contributed by atoms with Crippen LogP contribution in [0.2, 0.25) is 0 Å². The first-order valence-corrected chi connectivity index (χ1v) is 11.0. The number of rotatable bonds is 4. The molecule has 0 fully saturated rings. The van der Waals surface area contributed by atoms with E-state index in [1.807, 2.05) is 52.7 Å². The Labute approximate surface area is 180 Å². The fourth-order valence-corrected chi connectivity index (χ4v) is 5.27. The third-order valence-corrected chi connectivity index (χ3v) is 6.54. The van der Waals surface area contributed by atoms with Crippen LogP contribution in [0.5, 0.6) is 0 Å². The van der Waals surface area contributed by atoms with Gasteiger partial charge in [-0.05, 0) is 42.3 Å². The smallest absolute Gasteiger partial charge is 0.338 e. The Morgan fingerprint density at radius 3 is 2.57 bits per heavy atom. The van der Waals surface area contributed by atoms with E-state index >= 15 is 0 Å². The number of thiophene rings is 1. The van der Waals surface area contributed by atoms with Crippen molar-refractivity contribution in [1.29, 1.82) is 0 Å². The van der Waals surface area contributed by atoms with Gasteiger partial charge in [0.2, 0.25) is 0 Å². The molecule has 1 aliphatic carbocycles. The van der Waals surface area contributed by atoms with E-state index in [2.05, 4.69) is 13.8 Å². The third kappa shape index (κ3) is 3.45. The van der Waals surface area contributed by atoms with Crippen molar-refractivity contribution in [2.75, 3.05) is 11.5 Å². The molecule has 0 saturated heterocycles. The highest BCUT2D eigenvalue weighted by molar-refractivity contribution is 7.10. The number of hydrogen-bond acceptors (Lipinski definition) is 6. The number of anilines is 1. The van der Waals surface area contributed by atoms with Crippen molar-refractivity contribution in [3.8, 4) is 0 Å². The number of hydrogen-bond donors (Lipinski definition) is 1. The van der Waals surface area contributed by atoms with Crippen LogP contribution < -0.4 is 10.6 Å². The summed E-state index contributed by atoms with van der Waals surface area (Å²) in [6.07, 6.45) is 1.13. The van der Waals surface area contributed by atoms with Gasteiger partial charge in [0.15, 0.2) is 5.78 Å². The molecule has 1 unspecified atom stereocenters. The summed E-state index contributed by atoms with van der Waals surface area (Å²) >= 11 is 1.52. The molecule has 2 aromatic rings. The van der Waals surface area contributed by atoms with E-state index in [1.165, 1.54) is 11.3 Å². The van der Waals surface area contributed by atoms with Gasteiger partial charge in [0.25, 0.3) is 0 Å². The summed E-state index contributed by atoms with van der Waals surface area (Å²) in [5, 5.41) is 1.95. The number of esters is 1. The number of carbonyl (C=O) groups is 2. The molecule has 0 saturated carbocycles. The summed E-state index contributed by atoms with van der Waals surface area (Å²) in [6, 6.07) is 13.6. The highest BCUT2D eigenvalue weighted by Gasteiger charge is 2.46. The molecule has 1 aliphatic heterocycles. The lowest BCUT2D eigenvalue weighted by Gasteiger charge is -2.44. The van der Waals surface area contributed by atoms with Crippen LogP contribution in [0.4, 0.5) is 5.69 Å². The Kier molecular flexibility index (Phi) is 5.28. The summed E-state index contributed by atoms with van der Waals surface area (Å²) in [5.74, 6) is -0.571. The minimum atomic E-state index is -0.498. The molecule has 6 heteroatoms. The lowest BCUT2D eigenvalue weighted by Crippen LogP contribution is -2.43. The minimum absolute atomic E-state index is 0.0647. The number of ether oxygens (including phenoxy) is 1. The summed E-state index contributed by atoms with van der Waals surface area (Å²) in [6.45, 7) is 6.20. The molecule has 0 spiro atoms. The van der Waals surface area contributed by atoms with Gasteiger partial charge >= 0.3 is 5.97 Å². The lowest BCUT2D eigenvalue weighted by atomic mass is 9.69. The van der Waals surface area contributed by atoms with Gasteiger partial charge in [-0.3, -0.25) is 9.69 Å². The summed E-state index contributed by atoms with van der Waals surface area (Å²) in [5.41, 5.74) is 9.22. The zero-order chi connectivity index (χ0) is 21.5. The van der Waals surface area contributed by atoms with E-state index in [9.17, 15) is 9.59 Å². The number of nitrogens with two attached hydrogens (primary N) is 1. The average Bonchev–Trinajstić information content (AvgIpc) is 3.21. The number of Topliss-reactive ketones (excluding diaryl/α,β-unsaturated/α-hetero) is 1. The van der Waals surface area contributed by atoms with Gasteiger partial charge in [-0.25, -0.2) is 4.79 Å². The van der Waals surface area contributed by atoms with Crippen LogP contribution >= 0.6 is 11.3 Å². The number of allylic oxidation sites excluding steroid dienone is 2. The summed E-state index contributed by atoms with van der Waals surface area (Å²) in [7, 11) is 0. The van der Waals surface area contributed by atoms with Crippen molar-refractivity contribution in [1.82, 2.24) is 0 Å². The number of carbonyl (C=O) groups excluding carboxylic acids is 2. The molecule has 0 bridgehead atoms.